The van der Waals surface area contributed by atoms with Gasteiger partial charge in [0.1, 0.15) is 0 Å². The van der Waals surface area contributed by atoms with Crippen molar-refractivity contribution in [2.24, 2.45) is 0 Å². The molecule has 1 atom stereocenters. The summed E-state index contributed by atoms with van der Waals surface area (Å²) in [5.41, 5.74) is 1.99. The number of aldehydes is 2. The maximum absolute atomic E-state index is 13.1. The number of likely N-dealkylation sites (N-methyl/N-ethyl adjacent to an activating group) is 1. The Hall–Kier alpha value is -2.48. The minimum atomic E-state index is -0.733. The molecule has 2 rings (SSSR count). The van der Waals surface area contributed by atoms with Gasteiger partial charge in [0.05, 0.1) is 19.1 Å². The molecule has 0 amide bonds. The van der Waals surface area contributed by atoms with Crippen molar-refractivity contribution in [2.75, 3.05) is 33.9 Å². The second-order valence-electron chi connectivity index (χ2n) is 8.16. The first-order chi connectivity index (χ1) is 15.9. The third-order valence-electron chi connectivity index (χ3n) is 6.15. The average Bonchev–Trinajstić information content (AvgIpc) is 2.85. The largest absolute Gasteiger partial charge is 0.523 e. The van der Waals surface area contributed by atoms with Gasteiger partial charge in [-0.3, -0.25) is 14.4 Å². The van der Waals surface area contributed by atoms with Crippen molar-refractivity contribution < 1.29 is 40.6 Å². The van der Waals surface area contributed by atoms with E-state index >= 15 is 0 Å². The van der Waals surface area contributed by atoms with Crippen molar-refractivity contribution in [3.05, 3.63) is 64.7 Å². The summed E-state index contributed by atoms with van der Waals surface area (Å²) in [6.45, 7) is 5.78. The Morgan fingerprint density at radius 3 is 2.44 bits per heavy atom. The Morgan fingerprint density at radius 1 is 1.09 bits per heavy atom. The molecule has 0 spiro atoms. The molecular weight excluding hydrogens is 477 g/mol. The van der Waals surface area contributed by atoms with Crippen LogP contribution in [0.1, 0.15) is 65.0 Å². The number of hydrogen-bond donors (Lipinski definition) is 0. The van der Waals surface area contributed by atoms with Crippen LogP contribution in [0.25, 0.3) is 0 Å². The van der Waals surface area contributed by atoms with Gasteiger partial charge < -0.3 is 14.4 Å². The van der Waals surface area contributed by atoms with E-state index in [9.17, 15) is 14.4 Å². The molecule has 0 aromatic heterocycles. The molecule has 187 valence electrons. The topological polar surface area (TPSA) is 72.9 Å². The molecule has 7 heteroatoms. The third kappa shape index (κ3) is 7.51. The molecule has 0 heterocycles. The molecule has 0 N–H and O–H groups in total. The summed E-state index contributed by atoms with van der Waals surface area (Å²) in [5.74, 6) is 0.391. The standard InChI is InChI=1S/C27H34NO5.Co/c1-5-27(26(31)33-6-2,24-9-7-10-25(18-24)32-4)14-8-15-28(3)16-13-21-11-12-22(19-29)23(17-21)20-30;/h7,9,11-12,17-20H,5-6,8,13-16H2,1-4H3;/q-1;. The summed E-state index contributed by atoms with van der Waals surface area (Å²) < 4.78 is 10.8. The van der Waals surface area contributed by atoms with E-state index in [1.165, 1.54) is 0 Å². The molecule has 2 aromatic carbocycles. The normalized spacial score (nSPS) is 12.4. The fraction of sp³-hybridized carbons (Fsp3) is 0.444. The van der Waals surface area contributed by atoms with Crippen LogP contribution in [0, 0.1) is 6.07 Å². The smallest absolute Gasteiger partial charge is 0.314 e. The zero-order chi connectivity index (χ0) is 24.3. The van der Waals surface area contributed by atoms with Crippen LogP contribution >= 0.6 is 0 Å². The molecule has 0 aliphatic carbocycles. The van der Waals surface area contributed by atoms with Crippen molar-refractivity contribution in [1.29, 1.82) is 0 Å². The fourth-order valence-electron chi connectivity index (χ4n) is 4.09. The van der Waals surface area contributed by atoms with Crippen molar-refractivity contribution in [3.63, 3.8) is 0 Å². The number of nitrogens with zero attached hydrogens (tertiary/aromatic N) is 1. The number of ether oxygens (including phenoxy) is 2. The van der Waals surface area contributed by atoms with Gasteiger partial charge in [0.25, 0.3) is 0 Å². The monoisotopic (exact) mass is 511 g/mol. The van der Waals surface area contributed by atoms with E-state index in [0.29, 0.717) is 48.9 Å². The Bertz CT molecular complexity index is 948. The number of hydrogen-bond acceptors (Lipinski definition) is 6. The van der Waals surface area contributed by atoms with E-state index in [4.69, 9.17) is 9.47 Å². The quantitative estimate of drug-likeness (QED) is 0.214. The summed E-state index contributed by atoms with van der Waals surface area (Å²) in [4.78, 5) is 37.5. The second kappa shape index (κ2) is 14.7. The molecule has 34 heavy (non-hydrogen) atoms. The molecule has 6 nitrogen and oxygen atoms in total. The van der Waals surface area contributed by atoms with Gasteiger partial charge in [-0.05, 0) is 57.8 Å². The summed E-state index contributed by atoms with van der Waals surface area (Å²) >= 11 is 0. The van der Waals surface area contributed by atoms with Gasteiger partial charge in [0.2, 0.25) is 0 Å². The second-order valence-corrected chi connectivity index (χ2v) is 8.16. The van der Waals surface area contributed by atoms with Crippen molar-refractivity contribution in [1.82, 2.24) is 4.90 Å². The summed E-state index contributed by atoms with van der Waals surface area (Å²) in [7, 11) is 3.63. The van der Waals surface area contributed by atoms with Gasteiger partial charge >= 0.3 is 5.97 Å². The first-order valence-corrected chi connectivity index (χ1v) is 11.4. The van der Waals surface area contributed by atoms with E-state index in [1.54, 1.807) is 25.3 Å². The molecule has 1 radical (unpaired) electrons. The number of carbonyl (C=O) groups is 3. The fourth-order valence-corrected chi connectivity index (χ4v) is 4.09. The van der Waals surface area contributed by atoms with E-state index in [1.807, 2.05) is 39.1 Å². The van der Waals surface area contributed by atoms with Gasteiger partial charge in [-0.25, -0.2) is 0 Å². The number of benzene rings is 2. The predicted octanol–water partition coefficient (Wildman–Crippen LogP) is 4.28. The van der Waals surface area contributed by atoms with Crippen LogP contribution in [-0.4, -0.2) is 57.3 Å². The first kappa shape index (κ1) is 29.5. The minimum absolute atomic E-state index is 0. The molecular formula is C27H34CoNO5-. The first-order valence-electron chi connectivity index (χ1n) is 11.4. The van der Waals surface area contributed by atoms with Gasteiger partial charge in [-0.15, -0.1) is 17.7 Å². The van der Waals surface area contributed by atoms with Crippen molar-refractivity contribution in [2.45, 2.75) is 44.9 Å². The van der Waals surface area contributed by atoms with Crippen LogP contribution < -0.4 is 4.74 Å². The Morgan fingerprint density at radius 2 is 1.82 bits per heavy atom. The van der Waals surface area contributed by atoms with Crippen LogP contribution in [0.3, 0.4) is 0 Å². The minimum Gasteiger partial charge on any atom is -0.523 e. The summed E-state index contributed by atoms with van der Waals surface area (Å²) in [6, 6.07) is 13.9. The third-order valence-corrected chi connectivity index (χ3v) is 6.15. The van der Waals surface area contributed by atoms with Gasteiger partial charge in [-0.1, -0.05) is 19.1 Å². The molecule has 0 saturated carbocycles. The van der Waals surface area contributed by atoms with Crippen molar-refractivity contribution in [3.8, 4) is 5.75 Å². The van der Waals surface area contributed by atoms with Crippen LogP contribution in [-0.2, 0) is 38.1 Å². The number of carbonyl (C=O) groups excluding carboxylic acids is 3. The van der Waals surface area contributed by atoms with Crippen LogP contribution in [0.4, 0.5) is 0 Å². The average molecular weight is 512 g/mol. The molecule has 0 aliphatic rings. The molecule has 0 aliphatic heterocycles. The molecule has 0 fully saturated rings. The predicted molar refractivity (Wildman–Crippen MR) is 128 cm³/mol. The summed E-state index contributed by atoms with van der Waals surface area (Å²) in [6.07, 6.45) is 4.27. The zero-order valence-corrected chi connectivity index (χ0v) is 21.4. The molecule has 0 saturated heterocycles. The Labute approximate surface area is 213 Å². The number of methoxy groups -OCH3 is 1. The van der Waals surface area contributed by atoms with Crippen LogP contribution in [0.2, 0.25) is 0 Å². The molecule has 0 bridgehead atoms. The number of esters is 1. The van der Waals surface area contributed by atoms with Gasteiger partial charge in [-0.2, -0.15) is 12.1 Å². The number of rotatable bonds is 14. The maximum atomic E-state index is 13.1. The van der Waals surface area contributed by atoms with Crippen LogP contribution in [0.15, 0.2) is 36.4 Å². The van der Waals surface area contributed by atoms with E-state index in [-0.39, 0.29) is 22.7 Å². The Balaban J connectivity index is 0.00000578. The molecule has 1 unspecified atom stereocenters. The Kier molecular flexibility index (Phi) is 12.8. The van der Waals surface area contributed by atoms with Crippen molar-refractivity contribution >= 4 is 18.5 Å². The summed E-state index contributed by atoms with van der Waals surface area (Å²) in [5, 5.41) is 0. The van der Waals surface area contributed by atoms with Gasteiger partial charge in [0.15, 0.2) is 12.6 Å². The zero-order valence-electron chi connectivity index (χ0n) is 20.4. The van der Waals surface area contributed by atoms with Gasteiger partial charge in [0, 0.05) is 40.2 Å². The van der Waals surface area contributed by atoms with E-state index < -0.39 is 5.41 Å². The molecule has 2 aromatic rings. The van der Waals surface area contributed by atoms with Crippen LogP contribution in [0.5, 0.6) is 5.75 Å². The van der Waals surface area contributed by atoms with E-state index in [2.05, 4.69) is 11.0 Å². The van der Waals surface area contributed by atoms with E-state index in [0.717, 1.165) is 37.1 Å². The SMILES string of the molecule is CCOC(=O)C(CC)(CCCN(C)CCc1ccc(C=O)c(C=O)c1)c1cc[c-]c(OC)c1.[Co]. The maximum Gasteiger partial charge on any atom is 0.314 e.